The molecular weight excluding hydrogens is 273 g/mol. The summed E-state index contributed by atoms with van der Waals surface area (Å²) in [6.45, 7) is 2.24. The Kier molecular flexibility index (Phi) is 8.88. The van der Waals surface area contributed by atoms with Crippen LogP contribution >= 0.6 is 11.6 Å². The number of hydrogen-bond acceptors (Lipinski definition) is 1. The van der Waals surface area contributed by atoms with Crippen LogP contribution in [0.4, 0.5) is 4.39 Å². The molecule has 1 unspecified atom stereocenters. The van der Waals surface area contributed by atoms with E-state index in [1.807, 2.05) is 0 Å². The van der Waals surface area contributed by atoms with E-state index in [2.05, 4.69) is 6.92 Å². The summed E-state index contributed by atoms with van der Waals surface area (Å²) in [5.74, 6) is -0.365. The minimum absolute atomic E-state index is 0.146. The second kappa shape index (κ2) is 10.2. The van der Waals surface area contributed by atoms with Crippen LogP contribution < -0.4 is 5.73 Å². The molecule has 1 atom stereocenters. The highest BCUT2D eigenvalue weighted by Gasteiger charge is 2.06. The van der Waals surface area contributed by atoms with Crippen molar-refractivity contribution in [3.63, 3.8) is 0 Å². The SMILES string of the molecule is CCCCCCCCCC(N)Cc1ccc(F)c(Cl)c1. The summed E-state index contributed by atoms with van der Waals surface area (Å²) >= 11 is 5.77. The van der Waals surface area contributed by atoms with Crippen LogP contribution in [0.3, 0.4) is 0 Å². The van der Waals surface area contributed by atoms with Gasteiger partial charge in [-0.25, -0.2) is 4.39 Å². The van der Waals surface area contributed by atoms with Crippen LogP contribution in [0.15, 0.2) is 18.2 Å². The second-order valence-corrected chi connectivity index (χ2v) is 6.03. The topological polar surface area (TPSA) is 26.0 Å². The van der Waals surface area contributed by atoms with E-state index in [9.17, 15) is 4.39 Å². The summed E-state index contributed by atoms with van der Waals surface area (Å²) in [6, 6.07) is 5.01. The molecule has 0 bridgehead atoms. The van der Waals surface area contributed by atoms with E-state index >= 15 is 0 Å². The zero-order chi connectivity index (χ0) is 14.8. The van der Waals surface area contributed by atoms with Crippen molar-refractivity contribution in [3.05, 3.63) is 34.6 Å². The predicted molar refractivity (Wildman–Crippen MR) is 85.7 cm³/mol. The first-order chi connectivity index (χ1) is 9.63. The van der Waals surface area contributed by atoms with Crippen LogP contribution in [0.1, 0.15) is 63.9 Å². The smallest absolute Gasteiger partial charge is 0.141 e. The van der Waals surface area contributed by atoms with E-state index in [0.717, 1.165) is 18.4 Å². The fourth-order valence-electron chi connectivity index (χ4n) is 2.44. The first-order valence-corrected chi connectivity index (χ1v) is 8.20. The van der Waals surface area contributed by atoms with Crippen LogP contribution in [0.25, 0.3) is 0 Å². The Balaban J connectivity index is 2.13. The Morgan fingerprint density at radius 3 is 2.40 bits per heavy atom. The number of benzene rings is 1. The Bertz CT molecular complexity index is 381. The van der Waals surface area contributed by atoms with Crippen LogP contribution in [0, 0.1) is 5.82 Å². The maximum absolute atomic E-state index is 13.0. The molecule has 0 radical (unpaired) electrons. The fraction of sp³-hybridized carbons (Fsp3) is 0.647. The van der Waals surface area contributed by atoms with E-state index in [1.165, 1.54) is 51.0 Å². The summed E-state index contributed by atoms with van der Waals surface area (Å²) in [5, 5.41) is 0.186. The van der Waals surface area contributed by atoms with Gasteiger partial charge in [-0.3, -0.25) is 0 Å². The Labute approximate surface area is 127 Å². The highest BCUT2D eigenvalue weighted by Crippen LogP contribution is 2.18. The van der Waals surface area contributed by atoms with Gasteiger partial charge in [-0.15, -0.1) is 0 Å². The van der Waals surface area contributed by atoms with Gasteiger partial charge in [0.2, 0.25) is 0 Å². The molecule has 2 N–H and O–H groups in total. The molecule has 0 spiro atoms. The standard InChI is InChI=1S/C17H27ClFN/c1-2-3-4-5-6-7-8-9-15(20)12-14-10-11-17(19)16(18)13-14/h10-11,13,15H,2-9,12,20H2,1H3. The van der Waals surface area contributed by atoms with Crippen LogP contribution in [-0.2, 0) is 6.42 Å². The maximum Gasteiger partial charge on any atom is 0.141 e. The van der Waals surface area contributed by atoms with Gasteiger partial charge < -0.3 is 5.73 Å². The third-order valence-corrected chi connectivity index (χ3v) is 3.95. The number of hydrogen-bond donors (Lipinski definition) is 1. The third kappa shape index (κ3) is 7.25. The molecule has 3 heteroatoms. The van der Waals surface area contributed by atoms with E-state index in [0.29, 0.717) is 0 Å². The molecule has 1 aromatic carbocycles. The zero-order valence-electron chi connectivity index (χ0n) is 12.5. The van der Waals surface area contributed by atoms with Gasteiger partial charge in [0.15, 0.2) is 0 Å². The predicted octanol–water partition coefficient (Wildman–Crippen LogP) is 5.49. The van der Waals surface area contributed by atoms with Crippen molar-refractivity contribution >= 4 is 11.6 Å². The molecule has 0 aromatic heterocycles. The molecule has 0 saturated heterocycles. The molecule has 0 aliphatic rings. The van der Waals surface area contributed by atoms with E-state index < -0.39 is 0 Å². The molecule has 20 heavy (non-hydrogen) atoms. The van der Waals surface area contributed by atoms with Gasteiger partial charge in [-0.05, 0) is 30.5 Å². The number of unbranched alkanes of at least 4 members (excludes halogenated alkanes) is 6. The molecule has 1 rings (SSSR count). The molecule has 0 fully saturated rings. The monoisotopic (exact) mass is 299 g/mol. The lowest BCUT2D eigenvalue weighted by atomic mass is 10.0. The zero-order valence-corrected chi connectivity index (χ0v) is 13.3. The van der Waals surface area contributed by atoms with Gasteiger partial charge in [-0.2, -0.15) is 0 Å². The van der Waals surface area contributed by atoms with Crippen molar-refractivity contribution in [2.24, 2.45) is 5.73 Å². The molecule has 1 nitrogen and oxygen atoms in total. The van der Waals surface area contributed by atoms with Crippen LogP contribution in [-0.4, -0.2) is 6.04 Å². The van der Waals surface area contributed by atoms with Gasteiger partial charge in [0.25, 0.3) is 0 Å². The van der Waals surface area contributed by atoms with Gasteiger partial charge in [-0.1, -0.05) is 69.5 Å². The lowest BCUT2D eigenvalue weighted by Crippen LogP contribution is -2.22. The minimum Gasteiger partial charge on any atom is -0.327 e. The average Bonchev–Trinajstić information content (AvgIpc) is 2.42. The first-order valence-electron chi connectivity index (χ1n) is 7.83. The van der Waals surface area contributed by atoms with Crippen molar-refractivity contribution in [3.8, 4) is 0 Å². The van der Waals surface area contributed by atoms with Crippen molar-refractivity contribution in [1.29, 1.82) is 0 Å². The molecule has 1 aromatic rings. The Morgan fingerprint density at radius 2 is 1.75 bits per heavy atom. The molecule has 0 saturated carbocycles. The van der Waals surface area contributed by atoms with Gasteiger partial charge >= 0.3 is 0 Å². The van der Waals surface area contributed by atoms with Gasteiger partial charge in [0, 0.05) is 6.04 Å². The summed E-state index contributed by atoms with van der Waals surface area (Å²) in [5.41, 5.74) is 7.14. The lowest BCUT2D eigenvalue weighted by molar-refractivity contribution is 0.528. The van der Waals surface area contributed by atoms with Crippen LogP contribution in [0.5, 0.6) is 0 Å². The molecule has 0 heterocycles. The van der Waals surface area contributed by atoms with E-state index in [4.69, 9.17) is 17.3 Å². The lowest BCUT2D eigenvalue weighted by Gasteiger charge is -2.12. The Morgan fingerprint density at radius 1 is 1.10 bits per heavy atom. The number of nitrogens with two attached hydrogens (primary N) is 1. The first kappa shape index (κ1) is 17.5. The van der Waals surface area contributed by atoms with Crippen molar-refractivity contribution in [1.82, 2.24) is 0 Å². The summed E-state index contributed by atoms with van der Waals surface area (Å²) in [6.07, 6.45) is 10.9. The highest BCUT2D eigenvalue weighted by molar-refractivity contribution is 6.30. The fourth-order valence-corrected chi connectivity index (χ4v) is 2.64. The molecular formula is C17H27ClFN. The van der Waals surface area contributed by atoms with Crippen molar-refractivity contribution in [2.45, 2.75) is 70.8 Å². The quantitative estimate of drug-likeness (QED) is 0.568. The normalized spacial score (nSPS) is 12.6. The summed E-state index contributed by atoms with van der Waals surface area (Å²) in [7, 11) is 0. The van der Waals surface area contributed by atoms with Crippen molar-refractivity contribution in [2.75, 3.05) is 0 Å². The maximum atomic E-state index is 13.0. The van der Waals surface area contributed by atoms with Gasteiger partial charge in [0.05, 0.1) is 5.02 Å². The van der Waals surface area contributed by atoms with Gasteiger partial charge in [0.1, 0.15) is 5.82 Å². The number of halogens is 2. The number of rotatable bonds is 10. The largest absolute Gasteiger partial charge is 0.327 e. The summed E-state index contributed by atoms with van der Waals surface area (Å²) in [4.78, 5) is 0. The third-order valence-electron chi connectivity index (χ3n) is 3.66. The molecule has 0 aliphatic heterocycles. The second-order valence-electron chi connectivity index (χ2n) is 5.62. The average molecular weight is 300 g/mol. The Hall–Kier alpha value is -0.600. The van der Waals surface area contributed by atoms with E-state index in [1.54, 1.807) is 12.1 Å². The molecule has 0 aliphatic carbocycles. The highest BCUT2D eigenvalue weighted by atomic mass is 35.5. The van der Waals surface area contributed by atoms with Crippen molar-refractivity contribution < 1.29 is 4.39 Å². The minimum atomic E-state index is -0.365. The summed E-state index contributed by atoms with van der Waals surface area (Å²) < 4.78 is 13.0. The molecule has 0 amide bonds. The molecule has 114 valence electrons. The van der Waals surface area contributed by atoms with E-state index in [-0.39, 0.29) is 16.9 Å². The van der Waals surface area contributed by atoms with Crippen LogP contribution in [0.2, 0.25) is 5.02 Å².